The number of nitrogens with one attached hydrogen (secondary N) is 1. The first-order valence-corrected chi connectivity index (χ1v) is 17.4. The van der Waals surface area contributed by atoms with Crippen molar-refractivity contribution in [2.75, 3.05) is 36.9 Å². The summed E-state index contributed by atoms with van der Waals surface area (Å²) in [6.07, 6.45) is 5.87. The number of aromatic nitrogens is 2. The summed E-state index contributed by atoms with van der Waals surface area (Å²) in [4.78, 5) is 25.4. The molecule has 0 bridgehead atoms. The highest BCUT2D eigenvalue weighted by Crippen LogP contribution is 2.52. The summed E-state index contributed by atoms with van der Waals surface area (Å²) in [6, 6.07) is 15.7. The van der Waals surface area contributed by atoms with E-state index >= 15 is 0 Å². The number of benzene rings is 1. The van der Waals surface area contributed by atoms with Crippen molar-refractivity contribution in [2.45, 2.75) is 58.8 Å². The minimum absolute atomic E-state index is 0.179. The molecule has 1 N–H and O–H groups in total. The van der Waals surface area contributed by atoms with Crippen LogP contribution in [0.15, 0.2) is 36.4 Å². The molecule has 0 radical (unpaired) electrons. The lowest BCUT2D eigenvalue weighted by molar-refractivity contribution is 0.163. The van der Waals surface area contributed by atoms with Crippen molar-refractivity contribution in [2.24, 2.45) is 5.41 Å². The summed E-state index contributed by atoms with van der Waals surface area (Å²) in [6.45, 7) is 12.1. The van der Waals surface area contributed by atoms with Gasteiger partial charge in [-0.15, -0.1) is 0 Å². The molecule has 0 saturated carbocycles. The number of nitriles is 2. The van der Waals surface area contributed by atoms with Gasteiger partial charge in [0.2, 0.25) is 0 Å². The van der Waals surface area contributed by atoms with Crippen LogP contribution in [0, 0.1) is 35.0 Å². The first-order chi connectivity index (χ1) is 19.7. The highest BCUT2D eigenvalue weighted by molar-refractivity contribution is 8.33. The summed E-state index contributed by atoms with van der Waals surface area (Å²) in [5, 5.41) is 22.4. The zero-order valence-electron chi connectivity index (χ0n) is 25.6. The third kappa shape index (κ3) is 7.30. The Hall–Kier alpha value is -3.44. The molecule has 0 unspecified atom stereocenters. The fraction of sp³-hybridized carbons (Fsp3) is 0.469. The average molecular weight is 605 g/mol. The summed E-state index contributed by atoms with van der Waals surface area (Å²) in [5.74, 6) is 0.689. The van der Waals surface area contributed by atoms with E-state index in [-0.39, 0.29) is 10.8 Å². The summed E-state index contributed by atoms with van der Waals surface area (Å²) in [5.41, 5.74) is 4.26. The topological polar surface area (TPSA) is 115 Å². The molecule has 4 rings (SSSR count). The van der Waals surface area contributed by atoms with Gasteiger partial charge in [0, 0.05) is 24.3 Å². The maximum Gasteiger partial charge on any atom is 0.323 e. The molecule has 8 nitrogen and oxygen atoms in total. The highest BCUT2D eigenvalue weighted by Gasteiger charge is 2.32. The number of hydrogen-bond acceptors (Lipinski definition) is 7. The normalized spacial score (nSPS) is 15.5. The Kier molecular flexibility index (Phi) is 9.32. The van der Waals surface area contributed by atoms with Crippen molar-refractivity contribution in [1.29, 1.82) is 10.5 Å². The van der Waals surface area contributed by atoms with Crippen molar-refractivity contribution in [1.82, 2.24) is 14.9 Å². The molecular weight excluding hydrogens is 565 g/mol. The molecule has 0 spiro atoms. The molecule has 0 atom stereocenters. The van der Waals surface area contributed by atoms with E-state index in [1.54, 1.807) is 11.0 Å². The predicted octanol–water partition coefficient (Wildman–Crippen LogP) is 7.55. The number of ether oxygens (including phenoxy) is 1. The number of aryl methyl sites for hydroxylation is 1. The van der Waals surface area contributed by atoms with E-state index in [2.05, 4.69) is 50.7 Å². The largest absolute Gasteiger partial charge is 0.366 e. The molecule has 1 aliphatic rings. The second kappa shape index (κ2) is 12.4. The van der Waals surface area contributed by atoms with Crippen LogP contribution in [0.4, 0.5) is 9.93 Å². The molecular formula is C32H40N6O2S2. The maximum absolute atomic E-state index is 13.2. The van der Waals surface area contributed by atoms with E-state index in [9.17, 15) is 15.3 Å². The fourth-order valence-corrected chi connectivity index (χ4v) is 6.28. The van der Waals surface area contributed by atoms with Gasteiger partial charge in [-0.2, -0.15) is 10.5 Å². The lowest BCUT2D eigenvalue weighted by Gasteiger charge is -2.44. The van der Waals surface area contributed by atoms with Gasteiger partial charge in [-0.3, -0.25) is 10.3 Å². The molecule has 1 aromatic carbocycles. The maximum atomic E-state index is 13.2. The second-order valence-corrected chi connectivity index (χ2v) is 18.1. The van der Waals surface area contributed by atoms with E-state index in [1.165, 1.54) is 11.3 Å². The van der Waals surface area contributed by atoms with Gasteiger partial charge in [-0.1, -0.05) is 44.2 Å². The second-order valence-electron chi connectivity index (χ2n) is 12.6. The lowest BCUT2D eigenvalue weighted by atomic mass is 9.82. The van der Waals surface area contributed by atoms with Gasteiger partial charge in [0.25, 0.3) is 0 Å². The van der Waals surface area contributed by atoms with Crippen LogP contribution in [0.25, 0.3) is 21.7 Å². The monoisotopic (exact) mass is 604 g/mol. The van der Waals surface area contributed by atoms with Crippen molar-refractivity contribution in [3.63, 3.8) is 0 Å². The smallest absolute Gasteiger partial charge is 0.323 e. The van der Waals surface area contributed by atoms with Gasteiger partial charge in [0.1, 0.15) is 0 Å². The quantitative estimate of drug-likeness (QED) is 0.298. The molecule has 1 fully saturated rings. The third-order valence-corrected chi connectivity index (χ3v) is 13.2. The number of carbonyl (C=O) groups is 1. The lowest BCUT2D eigenvalue weighted by Crippen LogP contribution is -2.43. The van der Waals surface area contributed by atoms with Crippen LogP contribution in [-0.4, -0.2) is 57.2 Å². The van der Waals surface area contributed by atoms with E-state index in [1.807, 2.05) is 44.2 Å². The first kappa shape index (κ1) is 31.5. The minimum atomic E-state index is -0.960. The number of thiazole rings is 1. The average Bonchev–Trinajstić information content (AvgIpc) is 3.36. The predicted molar refractivity (Wildman–Crippen MR) is 173 cm³/mol. The van der Waals surface area contributed by atoms with Gasteiger partial charge in [0.15, 0.2) is 5.13 Å². The Morgan fingerprint density at radius 3 is 2.50 bits per heavy atom. The van der Waals surface area contributed by atoms with Gasteiger partial charge in [-0.25, -0.2) is 19.8 Å². The first-order valence-electron chi connectivity index (χ1n) is 14.0. The van der Waals surface area contributed by atoms with Crippen LogP contribution < -0.4 is 5.32 Å². The van der Waals surface area contributed by atoms with E-state index in [0.717, 1.165) is 27.4 Å². The number of nitrogens with zero attached hydrogens (tertiary/aromatic N) is 5. The van der Waals surface area contributed by atoms with E-state index in [0.29, 0.717) is 54.9 Å². The van der Waals surface area contributed by atoms with Crippen molar-refractivity contribution in [3.05, 3.63) is 53.3 Å². The zero-order valence-corrected chi connectivity index (χ0v) is 27.2. The number of likely N-dealkylation sites (tertiary alicyclic amines) is 1. The number of urea groups is 1. The molecule has 0 aliphatic carbocycles. The molecule has 3 heterocycles. The Morgan fingerprint density at radius 1 is 1.14 bits per heavy atom. The molecule has 3 aromatic rings. The minimum Gasteiger partial charge on any atom is -0.366 e. The number of anilines is 1. The van der Waals surface area contributed by atoms with Crippen LogP contribution >= 0.6 is 21.4 Å². The Balaban J connectivity index is 1.63. The molecule has 1 aliphatic heterocycles. The summed E-state index contributed by atoms with van der Waals surface area (Å²) >= 11 is 1.40. The van der Waals surface area contributed by atoms with Crippen molar-refractivity contribution < 1.29 is 9.53 Å². The van der Waals surface area contributed by atoms with Crippen LogP contribution in [0.5, 0.6) is 0 Å². The molecule has 42 heavy (non-hydrogen) atoms. The van der Waals surface area contributed by atoms with Crippen LogP contribution in [0.1, 0.15) is 57.5 Å². The highest BCUT2D eigenvalue weighted by atomic mass is 32.3. The van der Waals surface area contributed by atoms with Gasteiger partial charge < -0.3 is 9.64 Å². The van der Waals surface area contributed by atoms with Crippen molar-refractivity contribution >= 4 is 32.5 Å². The van der Waals surface area contributed by atoms with Crippen LogP contribution in [0.2, 0.25) is 0 Å². The number of hydrogen-bond donors (Lipinski definition) is 1. The molecule has 10 heteroatoms. The number of rotatable bonds is 7. The van der Waals surface area contributed by atoms with Crippen LogP contribution in [0.3, 0.4) is 0 Å². The molecule has 1 saturated heterocycles. The number of piperidine rings is 1. The summed E-state index contributed by atoms with van der Waals surface area (Å²) in [7, 11) is -0.960. The Bertz CT molecular complexity index is 1540. The molecule has 2 aromatic heterocycles. The SMILES string of the molecule is Cc1cc(-c2sc(NC(=O)N3CCC(C)(C#N)CC3)nc2-c2cccc(C#N)c2)cc(COCS(C)(C)C(C)(C)C)n1. The number of carbonyl (C=O) groups excluding carboxylic acids is 1. The van der Waals surface area contributed by atoms with Crippen LogP contribution in [-0.2, 0) is 11.3 Å². The Labute approximate surface area is 255 Å². The number of pyridine rings is 1. The van der Waals surface area contributed by atoms with Crippen molar-refractivity contribution in [3.8, 4) is 33.8 Å². The fourth-order valence-electron chi connectivity index (χ4n) is 4.46. The number of amides is 2. The van der Waals surface area contributed by atoms with E-state index in [4.69, 9.17) is 14.7 Å². The van der Waals surface area contributed by atoms with Gasteiger partial charge >= 0.3 is 6.03 Å². The molecule has 2 amide bonds. The zero-order chi connectivity index (χ0) is 30.7. The Morgan fingerprint density at radius 2 is 1.86 bits per heavy atom. The molecule has 222 valence electrons. The summed E-state index contributed by atoms with van der Waals surface area (Å²) < 4.78 is 6.37. The third-order valence-electron chi connectivity index (χ3n) is 8.08. The van der Waals surface area contributed by atoms with E-state index < -0.39 is 15.4 Å². The van der Waals surface area contributed by atoms with Gasteiger partial charge in [-0.05, 0) is 73.8 Å². The standard InChI is InChI=1S/C32H40N6O2S2/c1-22-15-25(17-26(35-22)19-40-21-42(6,7)31(2,3)4)28-27(24-10-8-9-23(16-24)18-33)36-29(41-28)37-30(39)38-13-11-32(5,20-34)12-14-38/h8-10,15-17H,11-14,19,21H2,1-7H3,(H,36,37,39). The van der Waals surface area contributed by atoms with Gasteiger partial charge in [0.05, 0.1) is 51.9 Å².